The van der Waals surface area contributed by atoms with Gasteiger partial charge in [0, 0.05) is 25.7 Å². The summed E-state index contributed by atoms with van der Waals surface area (Å²) in [5.41, 5.74) is 6.52. The number of ether oxygens (including phenoxy) is 1. The molecule has 0 saturated carbocycles. The van der Waals surface area contributed by atoms with Crippen LogP contribution in [0.1, 0.15) is 66.4 Å². The molecule has 6 amide bonds. The lowest BCUT2D eigenvalue weighted by atomic mass is 9.99. The molecule has 0 spiro atoms. The van der Waals surface area contributed by atoms with Gasteiger partial charge in [-0.25, -0.2) is 4.79 Å². The van der Waals surface area contributed by atoms with Crippen molar-refractivity contribution >= 4 is 35.3 Å². The van der Waals surface area contributed by atoms with Crippen LogP contribution in [0.25, 0.3) is 0 Å². The van der Waals surface area contributed by atoms with E-state index in [1.165, 1.54) is 0 Å². The minimum absolute atomic E-state index is 0.0256. The first-order valence-electron chi connectivity index (χ1n) is 15.2. The molecule has 0 heterocycles. The van der Waals surface area contributed by atoms with Crippen LogP contribution in [-0.4, -0.2) is 80.1 Å². The normalized spacial score (nSPS) is 13.4. The van der Waals surface area contributed by atoms with E-state index in [1.54, 1.807) is 26.2 Å². The fourth-order valence-corrected chi connectivity index (χ4v) is 4.65. The van der Waals surface area contributed by atoms with E-state index < -0.39 is 24.2 Å². The second-order valence-corrected chi connectivity index (χ2v) is 12.1. The first-order valence-corrected chi connectivity index (χ1v) is 15.2. The fourth-order valence-electron chi connectivity index (χ4n) is 4.65. The van der Waals surface area contributed by atoms with E-state index in [-0.39, 0.29) is 54.7 Å². The molecule has 0 aliphatic rings. The molecule has 0 radical (unpaired) electrons. The Balaban J connectivity index is 2.74. The number of rotatable bonds is 19. The molecule has 0 bridgehead atoms. The molecular formula is C31H53N7O6. The Labute approximate surface area is 261 Å². The standard InChI is InChI=1S/C31H53N7O6/c1-19(2)16-25(39)36-24(10-9-15-34-31(32)43)28(40)35-23-13-11-22(12-14-23)17-44-18-38(8)27(21(5)6)30(42)37-26(20(3)4)29(41)33-7/h11-14,19-21,24,26-27H,9-10,15-18H2,1-8H3,(H,33,41)(H,35,40)(H,36,39)(H,37,42)(H3,32,34,43)/t24?,26?,27-/m0/s1. The molecule has 44 heavy (non-hydrogen) atoms. The maximum absolute atomic E-state index is 13.1. The predicted octanol–water partition coefficient (Wildman–Crippen LogP) is 1.92. The average Bonchev–Trinajstić information content (AvgIpc) is 2.93. The lowest BCUT2D eigenvalue weighted by molar-refractivity contribution is -0.135. The number of nitrogens with one attached hydrogen (secondary N) is 5. The van der Waals surface area contributed by atoms with Crippen molar-refractivity contribution < 1.29 is 28.7 Å². The number of anilines is 1. The van der Waals surface area contributed by atoms with Crippen LogP contribution < -0.4 is 32.3 Å². The van der Waals surface area contributed by atoms with Crippen LogP contribution in [-0.2, 0) is 30.5 Å². The minimum Gasteiger partial charge on any atom is -0.361 e. The zero-order valence-electron chi connectivity index (χ0n) is 27.5. The van der Waals surface area contributed by atoms with Crippen LogP contribution in [0, 0.1) is 17.8 Å². The third kappa shape index (κ3) is 14.2. The number of hydrogen-bond donors (Lipinski definition) is 6. The molecule has 248 valence electrons. The number of hydrogen-bond acceptors (Lipinski definition) is 7. The van der Waals surface area contributed by atoms with Gasteiger partial charge in [0.2, 0.25) is 23.6 Å². The maximum atomic E-state index is 13.1. The van der Waals surface area contributed by atoms with Gasteiger partial charge < -0.3 is 37.1 Å². The van der Waals surface area contributed by atoms with E-state index in [9.17, 15) is 24.0 Å². The van der Waals surface area contributed by atoms with E-state index in [0.717, 1.165) is 5.56 Å². The fraction of sp³-hybridized carbons (Fsp3) is 0.645. The number of carbonyl (C=O) groups is 5. The zero-order valence-corrected chi connectivity index (χ0v) is 27.5. The minimum atomic E-state index is -0.771. The second kappa shape index (κ2) is 19.5. The van der Waals surface area contributed by atoms with Crippen LogP contribution in [0.5, 0.6) is 0 Å². The maximum Gasteiger partial charge on any atom is 0.312 e. The first-order chi connectivity index (χ1) is 20.7. The smallest absolute Gasteiger partial charge is 0.312 e. The highest BCUT2D eigenvalue weighted by Crippen LogP contribution is 2.15. The van der Waals surface area contributed by atoms with Gasteiger partial charge in [-0.05, 0) is 55.3 Å². The van der Waals surface area contributed by atoms with Crippen molar-refractivity contribution in [3.8, 4) is 0 Å². The molecule has 0 saturated heterocycles. The second-order valence-electron chi connectivity index (χ2n) is 12.1. The van der Waals surface area contributed by atoms with E-state index in [1.807, 2.05) is 58.6 Å². The van der Waals surface area contributed by atoms with E-state index in [2.05, 4.69) is 26.6 Å². The molecule has 0 aliphatic heterocycles. The largest absolute Gasteiger partial charge is 0.361 e. The molecule has 7 N–H and O–H groups in total. The van der Waals surface area contributed by atoms with Crippen molar-refractivity contribution in [2.24, 2.45) is 23.5 Å². The number of amides is 6. The van der Waals surface area contributed by atoms with Crippen molar-refractivity contribution in [3.63, 3.8) is 0 Å². The van der Waals surface area contributed by atoms with Gasteiger partial charge in [-0.3, -0.25) is 24.1 Å². The quantitative estimate of drug-likeness (QED) is 0.101. The Bertz CT molecular complexity index is 1080. The third-order valence-electron chi connectivity index (χ3n) is 6.87. The van der Waals surface area contributed by atoms with Gasteiger partial charge in [-0.15, -0.1) is 0 Å². The van der Waals surface area contributed by atoms with Gasteiger partial charge in [0.15, 0.2) is 0 Å². The summed E-state index contributed by atoms with van der Waals surface area (Å²) in [4.78, 5) is 63.4. The monoisotopic (exact) mass is 619 g/mol. The Morgan fingerprint density at radius 1 is 0.886 bits per heavy atom. The number of likely N-dealkylation sites (N-methyl/N-ethyl adjacent to an activating group) is 2. The van der Waals surface area contributed by atoms with Gasteiger partial charge in [-0.1, -0.05) is 53.7 Å². The number of carbonyl (C=O) groups excluding carboxylic acids is 5. The highest BCUT2D eigenvalue weighted by molar-refractivity contribution is 5.97. The summed E-state index contributed by atoms with van der Waals surface area (Å²) < 4.78 is 5.88. The van der Waals surface area contributed by atoms with Crippen LogP contribution in [0.2, 0.25) is 0 Å². The van der Waals surface area contributed by atoms with E-state index in [0.29, 0.717) is 31.5 Å². The summed E-state index contributed by atoms with van der Waals surface area (Å²) in [6.45, 7) is 12.2. The molecule has 13 heteroatoms. The van der Waals surface area contributed by atoms with Crippen LogP contribution >= 0.6 is 0 Å². The summed E-state index contributed by atoms with van der Waals surface area (Å²) >= 11 is 0. The highest BCUT2D eigenvalue weighted by Gasteiger charge is 2.31. The zero-order chi connectivity index (χ0) is 33.4. The lowest BCUT2D eigenvalue weighted by Crippen LogP contribution is -2.56. The molecule has 0 aromatic heterocycles. The molecule has 0 aliphatic carbocycles. The molecular weight excluding hydrogens is 566 g/mol. The number of primary amides is 1. The van der Waals surface area contributed by atoms with Crippen molar-refractivity contribution in [3.05, 3.63) is 29.8 Å². The van der Waals surface area contributed by atoms with Crippen molar-refractivity contribution in [1.82, 2.24) is 26.2 Å². The lowest BCUT2D eigenvalue weighted by Gasteiger charge is -2.32. The summed E-state index contributed by atoms with van der Waals surface area (Å²) in [5, 5.41) is 13.6. The Kier molecular flexibility index (Phi) is 17.0. The third-order valence-corrected chi connectivity index (χ3v) is 6.87. The van der Waals surface area contributed by atoms with Gasteiger partial charge in [-0.2, -0.15) is 0 Å². The SMILES string of the molecule is CNC(=O)C(NC(=O)[C@H](C(C)C)N(C)COCc1ccc(NC(=O)C(CCCNC(N)=O)NC(=O)CC(C)C)cc1)C(C)C. The highest BCUT2D eigenvalue weighted by atomic mass is 16.5. The Morgan fingerprint density at radius 2 is 1.52 bits per heavy atom. The molecule has 3 atom stereocenters. The van der Waals surface area contributed by atoms with Gasteiger partial charge in [0.05, 0.1) is 19.4 Å². The molecule has 2 unspecified atom stereocenters. The van der Waals surface area contributed by atoms with Gasteiger partial charge in [0.1, 0.15) is 12.1 Å². The predicted molar refractivity (Wildman–Crippen MR) is 170 cm³/mol. The van der Waals surface area contributed by atoms with Crippen LogP contribution in [0.3, 0.4) is 0 Å². The Morgan fingerprint density at radius 3 is 2.05 bits per heavy atom. The Hall–Kier alpha value is -3.71. The van der Waals surface area contributed by atoms with E-state index >= 15 is 0 Å². The average molecular weight is 620 g/mol. The van der Waals surface area contributed by atoms with Crippen molar-refractivity contribution in [2.75, 3.05) is 32.7 Å². The summed E-state index contributed by atoms with van der Waals surface area (Å²) in [6.07, 6.45) is 1.08. The summed E-state index contributed by atoms with van der Waals surface area (Å²) in [5.74, 6) is -1.01. The van der Waals surface area contributed by atoms with Crippen LogP contribution in [0.15, 0.2) is 24.3 Å². The van der Waals surface area contributed by atoms with Gasteiger partial charge in [0.25, 0.3) is 0 Å². The molecule has 1 rings (SSSR count). The number of nitrogens with two attached hydrogens (primary N) is 1. The van der Waals surface area contributed by atoms with E-state index in [4.69, 9.17) is 10.5 Å². The molecule has 13 nitrogen and oxygen atoms in total. The number of nitrogens with zero attached hydrogens (tertiary/aromatic N) is 1. The molecule has 0 fully saturated rings. The molecule has 1 aromatic rings. The van der Waals surface area contributed by atoms with Crippen LogP contribution in [0.4, 0.5) is 10.5 Å². The summed E-state index contributed by atoms with van der Waals surface area (Å²) in [7, 11) is 3.34. The molecule has 1 aromatic carbocycles. The number of benzene rings is 1. The summed E-state index contributed by atoms with van der Waals surface area (Å²) in [6, 6.07) is 4.59. The first kappa shape index (κ1) is 38.3. The van der Waals surface area contributed by atoms with Crippen molar-refractivity contribution in [1.29, 1.82) is 0 Å². The van der Waals surface area contributed by atoms with Crippen molar-refractivity contribution in [2.45, 2.75) is 85.5 Å². The van der Waals surface area contributed by atoms with Gasteiger partial charge >= 0.3 is 6.03 Å². The number of urea groups is 1. The topological polar surface area (TPSA) is 184 Å².